The second-order valence-corrected chi connectivity index (χ2v) is 11.5. The van der Waals surface area contributed by atoms with Gasteiger partial charge in [-0.15, -0.1) is 0 Å². The molecule has 1 aliphatic carbocycles. The third kappa shape index (κ3) is 2.73. The first-order valence-corrected chi connectivity index (χ1v) is 14.3. The molecular formula is C37H21BrO2. The molecule has 1 aliphatic heterocycles. The molecule has 0 saturated carbocycles. The van der Waals surface area contributed by atoms with E-state index >= 15 is 0 Å². The second-order valence-electron chi connectivity index (χ2n) is 10.5. The van der Waals surface area contributed by atoms with Crippen LogP contribution >= 0.6 is 15.9 Å². The minimum Gasteiger partial charge on any atom is -0.453 e. The highest BCUT2D eigenvalue weighted by Crippen LogP contribution is 2.62. The Hall–Kier alpha value is -4.60. The van der Waals surface area contributed by atoms with Crippen LogP contribution in [0.25, 0.3) is 44.2 Å². The molecule has 0 N–H and O–H groups in total. The maximum Gasteiger partial charge on any atom is 0.178 e. The number of ether oxygens (including phenoxy) is 1. The molecule has 0 amide bonds. The number of fused-ring (bicyclic) bond motifs is 15. The monoisotopic (exact) mass is 576 g/mol. The molecule has 0 bridgehead atoms. The lowest BCUT2D eigenvalue weighted by molar-refractivity contribution is 0.431. The van der Waals surface area contributed by atoms with Crippen LogP contribution in [-0.4, -0.2) is 0 Å². The summed E-state index contributed by atoms with van der Waals surface area (Å²) < 4.78 is 14.4. The number of rotatable bonds is 0. The van der Waals surface area contributed by atoms with Crippen LogP contribution in [0, 0.1) is 0 Å². The van der Waals surface area contributed by atoms with Crippen molar-refractivity contribution < 1.29 is 9.15 Å². The molecule has 2 aliphatic rings. The van der Waals surface area contributed by atoms with Crippen LogP contribution in [0.4, 0.5) is 0 Å². The first-order valence-electron chi connectivity index (χ1n) is 13.5. The van der Waals surface area contributed by atoms with E-state index in [-0.39, 0.29) is 0 Å². The van der Waals surface area contributed by atoms with Gasteiger partial charge in [-0.1, -0.05) is 113 Å². The van der Waals surface area contributed by atoms with E-state index in [0.717, 1.165) is 49.0 Å². The van der Waals surface area contributed by atoms with Gasteiger partial charge in [0, 0.05) is 26.4 Å². The molecule has 3 heteroatoms. The smallest absolute Gasteiger partial charge is 0.178 e. The Labute approximate surface area is 239 Å². The van der Waals surface area contributed by atoms with Crippen molar-refractivity contribution in [2.24, 2.45) is 0 Å². The maximum absolute atomic E-state index is 6.82. The van der Waals surface area contributed by atoms with Gasteiger partial charge in [0.1, 0.15) is 11.3 Å². The fourth-order valence-corrected chi connectivity index (χ4v) is 7.43. The molecule has 1 atom stereocenters. The van der Waals surface area contributed by atoms with Crippen LogP contribution in [0.15, 0.2) is 136 Å². The van der Waals surface area contributed by atoms with E-state index in [4.69, 9.17) is 9.15 Å². The summed E-state index contributed by atoms with van der Waals surface area (Å²) in [6.45, 7) is 0. The standard InChI is InChI=1S/C37H21BrO2/c38-22-17-19-30-28(21-22)24-10-2-1-9-23(24)25-11-3-5-13-29(25)37(30)31-14-6-8-16-34(31)40-36-32(37)20-18-27-26-12-4-7-15-33(26)39-35(27)36/h1-21H. The van der Waals surface area contributed by atoms with Gasteiger partial charge in [-0.25, -0.2) is 0 Å². The zero-order valence-electron chi connectivity index (χ0n) is 21.3. The van der Waals surface area contributed by atoms with Crippen LogP contribution in [-0.2, 0) is 5.41 Å². The van der Waals surface area contributed by atoms with Crippen molar-refractivity contribution in [3.63, 3.8) is 0 Å². The maximum atomic E-state index is 6.82. The highest BCUT2D eigenvalue weighted by molar-refractivity contribution is 9.10. The quantitative estimate of drug-likeness (QED) is 0.179. The molecule has 7 aromatic rings. The summed E-state index contributed by atoms with van der Waals surface area (Å²) in [7, 11) is 0. The molecule has 2 nitrogen and oxygen atoms in total. The van der Waals surface area contributed by atoms with Crippen LogP contribution in [0.5, 0.6) is 11.5 Å². The number of furan rings is 1. The lowest BCUT2D eigenvalue weighted by Gasteiger charge is -2.42. The Morgan fingerprint density at radius 3 is 2.02 bits per heavy atom. The Kier molecular flexibility index (Phi) is 4.43. The van der Waals surface area contributed by atoms with Gasteiger partial charge in [0.25, 0.3) is 0 Å². The predicted molar refractivity (Wildman–Crippen MR) is 164 cm³/mol. The fourth-order valence-electron chi connectivity index (χ4n) is 7.07. The van der Waals surface area contributed by atoms with E-state index in [1.165, 1.54) is 33.4 Å². The number of hydrogen-bond acceptors (Lipinski definition) is 2. The van der Waals surface area contributed by atoms with Crippen LogP contribution in [0.3, 0.4) is 0 Å². The van der Waals surface area contributed by atoms with Gasteiger partial charge in [0.15, 0.2) is 11.3 Å². The minimum atomic E-state index is -0.636. The summed E-state index contributed by atoms with van der Waals surface area (Å²) in [5.74, 6) is 1.62. The Bertz CT molecular complexity index is 2170. The van der Waals surface area contributed by atoms with Crippen molar-refractivity contribution in [1.29, 1.82) is 0 Å². The van der Waals surface area contributed by atoms with Crippen LogP contribution in [0.1, 0.15) is 22.3 Å². The topological polar surface area (TPSA) is 22.4 Å². The molecule has 0 saturated heterocycles. The molecule has 0 radical (unpaired) electrons. The zero-order chi connectivity index (χ0) is 26.4. The van der Waals surface area contributed by atoms with Crippen molar-refractivity contribution in [2.45, 2.75) is 5.41 Å². The normalized spacial score (nSPS) is 16.4. The number of para-hydroxylation sites is 2. The van der Waals surface area contributed by atoms with Crippen molar-refractivity contribution in [3.8, 4) is 33.8 Å². The molecular weight excluding hydrogens is 556 g/mol. The van der Waals surface area contributed by atoms with Gasteiger partial charge < -0.3 is 9.15 Å². The SMILES string of the molecule is Brc1ccc2c(c1)-c1ccccc1-c1ccccc1C21c2ccccc2Oc2c1ccc1c2oc2ccccc21. The minimum absolute atomic E-state index is 0.636. The number of hydrogen-bond donors (Lipinski definition) is 0. The molecule has 6 aromatic carbocycles. The predicted octanol–water partition coefficient (Wildman–Crippen LogP) is 10.5. The summed E-state index contributed by atoms with van der Waals surface area (Å²) in [5.41, 5.74) is 10.5. The van der Waals surface area contributed by atoms with E-state index < -0.39 is 5.41 Å². The highest BCUT2D eigenvalue weighted by Gasteiger charge is 2.49. The van der Waals surface area contributed by atoms with Crippen molar-refractivity contribution in [2.75, 3.05) is 0 Å². The average Bonchev–Trinajstić information content (AvgIpc) is 3.35. The summed E-state index contributed by atoms with van der Waals surface area (Å²) in [6, 6.07) is 45.5. The Morgan fingerprint density at radius 1 is 0.500 bits per heavy atom. The summed E-state index contributed by atoms with van der Waals surface area (Å²) >= 11 is 3.79. The largest absolute Gasteiger partial charge is 0.453 e. The van der Waals surface area contributed by atoms with Crippen LogP contribution < -0.4 is 4.74 Å². The van der Waals surface area contributed by atoms with Crippen molar-refractivity contribution in [1.82, 2.24) is 0 Å². The van der Waals surface area contributed by atoms with Crippen LogP contribution in [0.2, 0.25) is 0 Å². The molecule has 1 unspecified atom stereocenters. The van der Waals surface area contributed by atoms with E-state index in [1.54, 1.807) is 0 Å². The Morgan fingerprint density at radius 2 is 1.15 bits per heavy atom. The summed E-state index contributed by atoms with van der Waals surface area (Å²) in [6.07, 6.45) is 0. The number of halogens is 1. The van der Waals surface area contributed by atoms with Gasteiger partial charge in [-0.05, 0) is 63.7 Å². The van der Waals surface area contributed by atoms with Gasteiger partial charge in [-0.2, -0.15) is 0 Å². The van der Waals surface area contributed by atoms with Gasteiger partial charge in [0.05, 0.1) is 5.41 Å². The molecule has 0 fully saturated rings. The summed E-state index contributed by atoms with van der Waals surface area (Å²) in [4.78, 5) is 0. The molecule has 40 heavy (non-hydrogen) atoms. The van der Waals surface area contributed by atoms with Gasteiger partial charge in [-0.3, -0.25) is 0 Å². The Balaban J connectivity index is 1.54. The van der Waals surface area contributed by atoms with E-state index in [0.29, 0.717) is 0 Å². The first-order chi connectivity index (χ1) is 19.7. The lowest BCUT2D eigenvalue weighted by Crippen LogP contribution is -2.34. The second kappa shape index (κ2) is 7.97. The fraction of sp³-hybridized carbons (Fsp3) is 0.0270. The average molecular weight is 577 g/mol. The lowest BCUT2D eigenvalue weighted by atomic mass is 9.62. The highest BCUT2D eigenvalue weighted by atomic mass is 79.9. The van der Waals surface area contributed by atoms with Gasteiger partial charge >= 0.3 is 0 Å². The molecule has 188 valence electrons. The van der Waals surface area contributed by atoms with Gasteiger partial charge in [0.2, 0.25) is 0 Å². The molecule has 9 rings (SSSR count). The van der Waals surface area contributed by atoms with Crippen molar-refractivity contribution >= 4 is 37.9 Å². The van der Waals surface area contributed by atoms with E-state index in [2.05, 4.69) is 131 Å². The summed E-state index contributed by atoms with van der Waals surface area (Å²) in [5, 5.41) is 2.15. The number of benzene rings is 6. The first kappa shape index (κ1) is 22.2. The third-order valence-corrected chi connectivity index (χ3v) is 9.13. The molecule has 1 aromatic heterocycles. The van der Waals surface area contributed by atoms with E-state index in [9.17, 15) is 0 Å². The van der Waals surface area contributed by atoms with Crippen molar-refractivity contribution in [3.05, 3.63) is 154 Å². The molecule has 2 heterocycles. The molecule has 1 spiro atoms. The zero-order valence-corrected chi connectivity index (χ0v) is 22.9. The third-order valence-electron chi connectivity index (χ3n) is 8.63. The van der Waals surface area contributed by atoms with E-state index in [1.807, 2.05) is 12.1 Å².